The van der Waals surface area contributed by atoms with Gasteiger partial charge in [0, 0.05) is 5.56 Å². The number of carbonyl (C=O) groups excluding carboxylic acids is 1. The van der Waals surface area contributed by atoms with Crippen LogP contribution in [-0.4, -0.2) is 32.6 Å². The highest BCUT2D eigenvalue weighted by atomic mass is 32.2. The van der Waals surface area contributed by atoms with Crippen molar-refractivity contribution in [2.45, 2.75) is 50.1 Å². The molecule has 0 saturated carbocycles. The number of amides is 1. The summed E-state index contributed by atoms with van der Waals surface area (Å²) in [6.45, 7) is 5.06. The highest BCUT2D eigenvalue weighted by molar-refractivity contribution is 8.00. The molecule has 0 radical (unpaired) electrons. The second-order valence-corrected chi connectivity index (χ2v) is 9.44. The van der Waals surface area contributed by atoms with Crippen molar-refractivity contribution in [2.75, 3.05) is 11.2 Å². The molecule has 32 heavy (non-hydrogen) atoms. The summed E-state index contributed by atoms with van der Waals surface area (Å²) in [7, 11) is 0. The number of alkyl halides is 2. The molecule has 0 fully saturated rings. The third kappa shape index (κ3) is 5.56. The maximum atomic E-state index is 12.6. The number of carbonyl (C=O) groups is 1. The van der Waals surface area contributed by atoms with Gasteiger partial charge >= 0.3 is 6.61 Å². The van der Waals surface area contributed by atoms with Gasteiger partial charge in [0.15, 0.2) is 5.82 Å². The summed E-state index contributed by atoms with van der Waals surface area (Å²) in [5.74, 6) is 6.11. The Kier molecular flexibility index (Phi) is 7.02. The zero-order chi connectivity index (χ0) is 23.5. The zero-order valence-corrected chi connectivity index (χ0v) is 19.0. The van der Waals surface area contributed by atoms with Crippen LogP contribution in [0.5, 0.6) is 5.75 Å². The van der Waals surface area contributed by atoms with Crippen molar-refractivity contribution < 1.29 is 18.3 Å². The predicted octanol–water partition coefficient (Wildman–Crippen LogP) is 4.68. The fourth-order valence-electron chi connectivity index (χ4n) is 2.89. The number of thioether (sulfide) groups is 1. The monoisotopic (exact) mass is 461 g/mol. The van der Waals surface area contributed by atoms with Crippen LogP contribution in [-0.2, 0) is 10.2 Å². The van der Waals surface area contributed by atoms with E-state index in [4.69, 9.17) is 5.84 Å². The second-order valence-electron chi connectivity index (χ2n) is 8.13. The lowest BCUT2D eigenvalue weighted by Gasteiger charge is -2.19. The number of nitrogens with two attached hydrogens (primary N) is 1. The smallest absolute Gasteiger partial charge is 0.387 e. The number of nitrogen functional groups attached to an aromatic ring is 1. The highest BCUT2D eigenvalue weighted by Gasteiger charge is 2.22. The molecule has 170 valence electrons. The first kappa shape index (κ1) is 23.5. The van der Waals surface area contributed by atoms with Gasteiger partial charge in [-0.25, -0.2) is 4.68 Å². The van der Waals surface area contributed by atoms with E-state index in [0.717, 1.165) is 17.3 Å². The lowest BCUT2D eigenvalue weighted by molar-refractivity contribution is -0.115. The van der Waals surface area contributed by atoms with Crippen molar-refractivity contribution in [2.24, 2.45) is 0 Å². The van der Waals surface area contributed by atoms with Crippen molar-refractivity contribution in [1.29, 1.82) is 0 Å². The third-order valence-electron chi connectivity index (χ3n) is 4.69. The number of hydrogen-bond acceptors (Lipinski definition) is 6. The van der Waals surface area contributed by atoms with Gasteiger partial charge in [-0.1, -0.05) is 68.9 Å². The van der Waals surface area contributed by atoms with Crippen molar-refractivity contribution >= 4 is 23.4 Å². The largest absolute Gasteiger partial charge is 0.433 e. The van der Waals surface area contributed by atoms with Crippen LogP contribution in [0.2, 0.25) is 0 Å². The molecule has 10 heteroatoms. The van der Waals surface area contributed by atoms with Gasteiger partial charge in [0.2, 0.25) is 11.1 Å². The predicted molar refractivity (Wildman–Crippen MR) is 121 cm³/mol. The van der Waals surface area contributed by atoms with Gasteiger partial charge in [-0.2, -0.15) is 8.78 Å². The van der Waals surface area contributed by atoms with Gasteiger partial charge in [0.05, 0.1) is 10.9 Å². The molecule has 1 heterocycles. The van der Waals surface area contributed by atoms with Crippen LogP contribution in [0.4, 0.5) is 14.5 Å². The molecule has 2 aromatic carbocycles. The minimum Gasteiger partial charge on any atom is -0.433 e. The molecule has 0 spiro atoms. The van der Waals surface area contributed by atoms with E-state index >= 15 is 0 Å². The number of nitrogens with one attached hydrogen (secondary N) is 1. The minimum absolute atomic E-state index is 0.0255. The van der Waals surface area contributed by atoms with Gasteiger partial charge < -0.3 is 15.9 Å². The highest BCUT2D eigenvalue weighted by Crippen LogP contribution is 2.30. The number of ether oxygens (including phenoxy) is 1. The Morgan fingerprint density at radius 3 is 2.41 bits per heavy atom. The van der Waals surface area contributed by atoms with Crippen LogP contribution in [0.15, 0.2) is 53.7 Å². The van der Waals surface area contributed by atoms with Crippen molar-refractivity contribution in [1.82, 2.24) is 14.9 Å². The number of nitrogens with zero attached hydrogens (tertiary/aromatic N) is 3. The Labute approximate surface area is 189 Å². The first-order valence-corrected chi connectivity index (χ1v) is 10.8. The summed E-state index contributed by atoms with van der Waals surface area (Å²) < 4.78 is 30.9. The molecule has 0 aliphatic rings. The second kappa shape index (κ2) is 9.56. The standard InChI is InChI=1S/C22H25F2N5O2S/c1-13(19(30)26-16-7-5-6-8-17(16)31-20(23)24)32-21-28-27-18(29(21)25)14-9-11-15(12-10-14)22(2,3)4/h5-13,20H,25H2,1-4H3,(H,26,30). The Morgan fingerprint density at radius 2 is 1.78 bits per heavy atom. The molecule has 1 unspecified atom stereocenters. The van der Waals surface area contributed by atoms with Crippen LogP contribution >= 0.6 is 11.8 Å². The summed E-state index contributed by atoms with van der Waals surface area (Å²) in [5, 5.41) is 10.6. The molecule has 1 atom stereocenters. The Hall–Kier alpha value is -3.14. The molecule has 1 aromatic heterocycles. The van der Waals surface area contributed by atoms with E-state index in [2.05, 4.69) is 41.0 Å². The van der Waals surface area contributed by atoms with E-state index in [-0.39, 0.29) is 16.9 Å². The first-order valence-electron chi connectivity index (χ1n) is 9.89. The van der Waals surface area contributed by atoms with E-state index in [1.165, 1.54) is 28.4 Å². The molecule has 0 aliphatic carbocycles. The number of para-hydroxylation sites is 2. The lowest BCUT2D eigenvalue weighted by atomic mass is 9.87. The maximum absolute atomic E-state index is 12.6. The van der Waals surface area contributed by atoms with Crippen molar-refractivity contribution in [3.05, 3.63) is 54.1 Å². The van der Waals surface area contributed by atoms with Crippen LogP contribution in [0.3, 0.4) is 0 Å². The summed E-state index contributed by atoms with van der Waals surface area (Å²) in [4.78, 5) is 12.6. The van der Waals surface area contributed by atoms with E-state index in [1.807, 2.05) is 24.3 Å². The number of rotatable bonds is 7. The van der Waals surface area contributed by atoms with Gasteiger partial charge in [-0.05, 0) is 30.0 Å². The number of benzene rings is 2. The Morgan fingerprint density at radius 1 is 1.12 bits per heavy atom. The third-order valence-corrected chi connectivity index (χ3v) is 5.74. The summed E-state index contributed by atoms with van der Waals surface area (Å²) >= 11 is 1.10. The van der Waals surface area contributed by atoms with Crippen LogP contribution in [0.25, 0.3) is 11.4 Å². The zero-order valence-electron chi connectivity index (χ0n) is 18.2. The van der Waals surface area contributed by atoms with E-state index < -0.39 is 17.8 Å². The molecule has 3 rings (SSSR count). The molecular formula is C22H25F2N5O2S. The number of halogens is 2. The van der Waals surface area contributed by atoms with Gasteiger partial charge in [0.1, 0.15) is 5.75 Å². The van der Waals surface area contributed by atoms with Gasteiger partial charge in [-0.15, -0.1) is 10.2 Å². The molecule has 0 aliphatic heterocycles. The van der Waals surface area contributed by atoms with Crippen LogP contribution < -0.4 is 15.9 Å². The number of anilines is 1. The van der Waals surface area contributed by atoms with E-state index in [1.54, 1.807) is 13.0 Å². The average Bonchev–Trinajstić information content (AvgIpc) is 3.08. The SMILES string of the molecule is CC(Sc1nnc(-c2ccc(C(C)(C)C)cc2)n1N)C(=O)Nc1ccccc1OC(F)F. The summed E-state index contributed by atoms with van der Waals surface area (Å²) in [5.41, 5.74) is 2.16. The quantitative estimate of drug-likeness (QED) is 0.392. The Bertz CT molecular complexity index is 1080. The number of hydrogen-bond donors (Lipinski definition) is 2. The fourth-order valence-corrected chi connectivity index (χ4v) is 3.66. The fraction of sp³-hybridized carbons (Fsp3) is 0.318. The normalized spacial score (nSPS) is 12.6. The molecular weight excluding hydrogens is 436 g/mol. The van der Waals surface area contributed by atoms with Crippen molar-refractivity contribution in [3.8, 4) is 17.1 Å². The van der Waals surface area contributed by atoms with Crippen molar-refractivity contribution in [3.63, 3.8) is 0 Å². The van der Waals surface area contributed by atoms with Gasteiger partial charge in [0.25, 0.3) is 0 Å². The van der Waals surface area contributed by atoms with E-state index in [9.17, 15) is 13.6 Å². The molecule has 0 bridgehead atoms. The minimum atomic E-state index is -2.99. The molecule has 3 aromatic rings. The van der Waals surface area contributed by atoms with Crippen LogP contribution in [0, 0.1) is 0 Å². The molecule has 0 saturated heterocycles. The lowest BCUT2D eigenvalue weighted by Crippen LogP contribution is -2.24. The number of aromatic nitrogens is 3. The Balaban J connectivity index is 1.71. The molecule has 7 nitrogen and oxygen atoms in total. The summed E-state index contributed by atoms with van der Waals surface area (Å²) in [6.07, 6.45) is 0. The van der Waals surface area contributed by atoms with Crippen LogP contribution in [0.1, 0.15) is 33.3 Å². The van der Waals surface area contributed by atoms with E-state index in [0.29, 0.717) is 11.0 Å². The molecule has 3 N–H and O–H groups in total. The first-order chi connectivity index (χ1) is 15.1. The maximum Gasteiger partial charge on any atom is 0.387 e. The van der Waals surface area contributed by atoms with Gasteiger partial charge in [-0.3, -0.25) is 4.79 Å². The topological polar surface area (TPSA) is 95.1 Å². The molecule has 1 amide bonds. The summed E-state index contributed by atoms with van der Waals surface area (Å²) in [6, 6.07) is 13.9. The average molecular weight is 462 g/mol.